The monoisotopic (exact) mass is 474 g/mol. The van der Waals surface area contributed by atoms with E-state index in [1.165, 1.54) is 22.5 Å². The average molecular weight is 475 g/mol. The first-order valence-corrected chi connectivity index (χ1v) is 12.0. The molecular weight excluding hydrogens is 453 g/mol. The van der Waals surface area contributed by atoms with Crippen LogP contribution < -0.4 is 5.32 Å². The first kappa shape index (κ1) is 22.3. The molecule has 0 spiro atoms. The highest BCUT2D eigenvalue weighted by Gasteiger charge is 2.47. The van der Waals surface area contributed by atoms with Gasteiger partial charge in [0.05, 0.1) is 25.3 Å². The van der Waals surface area contributed by atoms with Crippen LogP contribution >= 0.6 is 11.3 Å². The van der Waals surface area contributed by atoms with Crippen molar-refractivity contribution in [3.63, 3.8) is 0 Å². The van der Waals surface area contributed by atoms with Gasteiger partial charge in [-0.25, -0.2) is 8.42 Å². The summed E-state index contributed by atoms with van der Waals surface area (Å²) in [5.74, 6) is -1.30. The number of thiophene rings is 1. The lowest BCUT2D eigenvalue weighted by molar-refractivity contribution is -0.138. The Kier molecular flexibility index (Phi) is 6.12. The van der Waals surface area contributed by atoms with Crippen molar-refractivity contribution in [1.29, 1.82) is 0 Å². The normalized spacial score (nSPS) is 22.3. The lowest BCUT2D eigenvalue weighted by Gasteiger charge is -2.25. The molecule has 6 nitrogen and oxygen atoms in total. The Morgan fingerprint density at radius 3 is 2.58 bits per heavy atom. The second-order valence-corrected chi connectivity index (χ2v) is 10.8. The highest BCUT2D eigenvalue weighted by molar-refractivity contribution is 7.91. The minimum absolute atomic E-state index is 0.131. The zero-order valence-electron chi connectivity index (χ0n) is 16.4. The van der Waals surface area contributed by atoms with Gasteiger partial charge in [0.15, 0.2) is 0 Å². The van der Waals surface area contributed by atoms with Gasteiger partial charge in [-0.15, -0.1) is 11.3 Å². The van der Waals surface area contributed by atoms with Crippen LogP contribution in [-0.2, 0) is 32.3 Å². The Morgan fingerprint density at radius 2 is 1.87 bits per heavy atom. The van der Waals surface area contributed by atoms with Crippen molar-refractivity contribution < 1.29 is 31.1 Å². The van der Waals surface area contributed by atoms with E-state index in [9.17, 15) is 26.4 Å². The number of morpholine rings is 1. The summed E-state index contributed by atoms with van der Waals surface area (Å²) in [5.41, 5.74) is -0.559. The molecule has 31 heavy (non-hydrogen) atoms. The summed E-state index contributed by atoms with van der Waals surface area (Å²) in [5, 5.41) is 2.72. The third-order valence-electron chi connectivity index (χ3n) is 5.43. The Balaban J connectivity index is 1.36. The highest BCUT2D eigenvalue weighted by atomic mass is 32.2. The number of hydrogen-bond donors (Lipinski definition) is 1. The first-order chi connectivity index (χ1) is 14.7. The lowest BCUT2D eigenvalue weighted by atomic mass is 10.0. The Labute approximate surface area is 182 Å². The maximum absolute atomic E-state index is 13.2. The SMILES string of the molecule is O=C(NCc1ccc(S(=O)(=O)N2CCOCC2)s1)C1CC1c1ccccc1C(F)(F)F. The molecule has 1 aromatic carbocycles. The molecule has 1 aliphatic carbocycles. The van der Waals surface area contributed by atoms with E-state index >= 15 is 0 Å². The molecular formula is C20H21F3N2O4S2. The maximum Gasteiger partial charge on any atom is 0.416 e. The third-order valence-corrected chi connectivity index (χ3v) is 8.88. The number of ether oxygens (including phenoxy) is 1. The summed E-state index contributed by atoms with van der Waals surface area (Å²) in [7, 11) is -3.59. The van der Waals surface area contributed by atoms with E-state index in [0.29, 0.717) is 37.6 Å². The molecule has 1 N–H and O–H groups in total. The molecule has 1 aromatic heterocycles. The Hall–Kier alpha value is -1.95. The molecule has 168 valence electrons. The molecule has 1 aliphatic heterocycles. The van der Waals surface area contributed by atoms with Crippen LogP contribution in [0.5, 0.6) is 0 Å². The zero-order chi connectivity index (χ0) is 22.2. The van der Waals surface area contributed by atoms with Gasteiger partial charge in [-0.3, -0.25) is 4.79 Å². The largest absolute Gasteiger partial charge is 0.416 e. The van der Waals surface area contributed by atoms with E-state index in [4.69, 9.17) is 4.74 Å². The van der Waals surface area contributed by atoms with E-state index < -0.39 is 33.6 Å². The smallest absolute Gasteiger partial charge is 0.379 e. The summed E-state index contributed by atoms with van der Waals surface area (Å²) in [6.07, 6.45) is -4.10. The predicted octanol–water partition coefficient (Wildman–Crippen LogP) is 3.21. The van der Waals surface area contributed by atoms with Gasteiger partial charge in [-0.2, -0.15) is 17.5 Å². The van der Waals surface area contributed by atoms with E-state index in [1.807, 2.05) is 0 Å². The molecule has 2 heterocycles. The van der Waals surface area contributed by atoms with Crippen LogP contribution in [0.4, 0.5) is 13.2 Å². The zero-order valence-corrected chi connectivity index (χ0v) is 18.0. The van der Waals surface area contributed by atoms with Crippen LogP contribution in [0.15, 0.2) is 40.6 Å². The molecule has 2 aromatic rings. The van der Waals surface area contributed by atoms with E-state index in [2.05, 4.69) is 5.32 Å². The number of rotatable bonds is 6. The van der Waals surface area contributed by atoms with Crippen LogP contribution in [0.3, 0.4) is 0 Å². The minimum Gasteiger partial charge on any atom is -0.379 e. The fourth-order valence-corrected chi connectivity index (χ4v) is 6.58. The molecule has 4 rings (SSSR count). The maximum atomic E-state index is 13.2. The fraction of sp³-hybridized carbons (Fsp3) is 0.450. The van der Waals surface area contributed by atoms with E-state index in [0.717, 1.165) is 17.4 Å². The summed E-state index contributed by atoms with van der Waals surface area (Å²) in [6, 6.07) is 8.48. The number of halogens is 3. The van der Waals surface area contributed by atoms with Crippen LogP contribution in [0.1, 0.15) is 28.3 Å². The summed E-state index contributed by atoms with van der Waals surface area (Å²) in [6.45, 7) is 1.44. The lowest BCUT2D eigenvalue weighted by Crippen LogP contribution is -2.40. The molecule has 1 saturated carbocycles. The standard InChI is InChI=1S/C20H21F3N2O4S2/c21-20(22,23)17-4-2-1-3-14(17)15-11-16(15)19(26)24-12-13-5-6-18(30-13)31(27,28)25-7-9-29-10-8-25/h1-6,15-16H,7-12H2,(H,24,26). The minimum atomic E-state index is -4.46. The average Bonchev–Trinajstić information content (AvgIpc) is 3.40. The van der Waals surface area contributed by atoms with Gasteiger partial charge in [0.1, 0.15) is 4.21 Å². The first-order valence-electron chi connectivity index (χ1n) is 9.78. The summed E-state index contributed by atoms with van der Waals surface area (Å²) in [4.78, 5) is 13.1. The van der Waals surface area contributed by atoms with Gasteiger partial charge in [0.2, 0.25) is 5.91 Å². The van der Waals surface area contributed by atoms with Gasteiger partial charge in [0, 0.05) is 23.9 Å². The highest BCUT2D eigenvalue weighted by Crippen LogP contribution is 2.51. The molecule has 2 atom stereocenters. The van der Waals surface area contributed by atoms with E-state index in [-0.39, 0.29) is 22.2 Å². The summed E-state index contributed by atoms with van der Waals surface area (Å²) >= 11 is 1.08. The molecule has 1 amide bonds. The molecule has 11 heteroatoms. The van der Waals surface area contributed by atoms with Gasteiger partial charge in [0.25, 0.3) is 10.0 Å². The topological polar surface area (TPSA) is 75.7 Å². The van der Waals surface area contributed by atoms with Crippen molar-refractivity contribution >= 4 is 27.3 Å². The number of nitrogens with one attached hydrogen (secondary N) is 1. The molecule has 2 fully saturated rings. The predicted molar refractivity (Wildman–Crippen MR) is 108 cm³/mol. The van der Waals surface area contributed by atoms with Gasteiger partial charge in [-0.1, -0.05) is 18.2 Å². The number of sulfonamides is 1. The van der Waals surface area contributed by atoms with Gasteiger partial charge < -0.3 is 10.1 Å². The number of benzene rings is 1. The van der Waals surface area contributed by atoms with Crippen molar-refractivity contribution in [2.45, 2.75) is 29.3 Å². The van der Waals surface area contributed by atoms with Crippen molar-refractivity contribution in [3.05, 3.63) is 52.4 Å². The fourth-order valence-electron chi connectivity index (χ4n) is 3.72. The molecule has 0 bridgehead atoms. The van der Waals surface area contributed by atoms with E-state index in [1.54, 1.807) is 12.1 Å². The van der Waals surface area contributed by atoms with Gasteiger partial charge >= 0.3 is 6.18 Å². The second kappa shape index (κ2) is 8.53. The van der Waals surface area contributed by atoms with Crippen molar-refractivity contribution in [2.75, 3.05) is 26.3 Å². The summed E-state index contributed by atoms with van der Waals surface area (Å²) < 4.78 is 71.7. The van der Waals surface area contributed by atoms with Crippen LogP contribution in [0, 0.1) is 5.92 Å². The molecule has 0 radical (unpaired) electrons. The van der Waals surface area contributed by atoms with Crippen LogP contribution in [-0.4, -0.2) is 44.9 Å². The van der Waals surface area contributed by atoms with Crippen molar-refractivity contribution in [1.82, 2.24) is 9.62 Å². The molecule has 2 unspecified atom stereocenters. The number of nitrogens with zero attached hydrogens (tertiary/aromatic N) is 1. The van der Waals surface area contributed by atoms with Crippen LogP contribution in [0.25, 0.3) is 0 Å². The van der Waals surface area contributed by atoms with Gasteiger partial charge in [-0.05, 0) is 36.1 Å². The molecule has 1 saturated heterocycles. The number of carbonyl (C=O) groups is 1. The Morgan fingerprint density at radius 1 is 1.16 bits per heavy atom. The number of amides is 1. The quantitative estimate of drug-likeness (QED) is 0.698. The second-order valence-electron chi connectivity index (χ2n) is 7.49. The van der Waals surface area contributed by atoms with Crippen molar-refractivity contribution in [3.8, 4) is 0 Å². The Bertz CT molecular complexity index is 1060. The number of alkyl halides is 3. The van der Waals surface area contributed by atoms with Crippen molar-refractivity contribution in [2.24, 2.45) is 5.92 Å². The van der Waals surface area contributed by atoms with Crippen LogP contribution in [0.2, 0.25) is 0 Å². The number of carbonyl (C=O) groups excluding carboxylic acids is 1. The molecule has 2 aliphatic rings. The number of hydrogen-bond acceptors (Lipinski definition) is 5. The third kappa shape index (κ3) is 4.79.